The van der Waals surface area contributed by atoms with Gasteiger partial charge >= 0.3 is 54.2 Å². The van der Waals surface area contributed by atoms with Gasteiger partial charge in [0.25, 0.3) is 0 Å². The van der Waals surface area contributed by atoms with Crippen LogP contribution in [0.3, 0.4) is 0 Å². The lowest BCUT2D eigenvalue weighted by Crippen LogP contribution is -2.69. The van der Waals surface area contributed by atoms with E-state index < -0.39 is 227 Å². The van der Waals surface area contributed by atoms with E-state index in [9.17, 15) is 62.3 Å². The maximum Gasteiger partial charge on any atom is 0.417 e. The number of amides is 8. The van der Waals surface area contributed by atoms with E-state index in [0.717, 1.165) is 62.3 Å². The average molecular weight is 1250 g/mol. The minimum atomic E-state index is -2.02. The van der Waals surface area contributed by atoms with Crippen LogP contribution in [-0.2, 0) is 119 Å². The number of nitrogens with zero attached hydrogens (tertiary/aromatic N) is 4. The van der Waals surface area contributed by atoms with Crippen LogP contribution >= 0.6 is 0 Å². The summed E-state index contributed by atoms with van der Waals surface area (Å²) in [5.41, 5.74) is 0. The molecule has 0 aromatic heterocycles. The molecule has 88 heavy (non-hydrogen) atoms. The average Bonchev–Trinajstić information content (AvgIpc) is 1.89. The molecule has 35 heteroatoms. The van der Waals surface area contributed by atoms with Crippen molar-refractivity contribution in [3.8, 4) is 11.5 Å². The number of hydrogen-bond acceptors (Lipinski definition) is 31. The molecule has 9 rings (SSSR count). The summed E-state index contributed by atoms with van der Waals surface area (Å²) >= 11 is 0. The van der Waals surface area contributed by atoms with Crippen LogP contribution in [0.15, 0.2) is 24.3 Å². The molecule has 0 N–H and O–H groups in total. The lowest BCUT2D eigenvalue weighted by molar-refractivity contribution is -0.357. The summed E-state index contributed by atoms with van der Waals surface area (Å²) in [6.45, 7) is 6.30. The third kappa shape index (κ3) is 13.0. The van der Waals surface area contributed by atoms with Crippen LogP contribution in [0, 0.1) is 0 Å². The molecule has 20 atom stereocenters. The molecule has 8 amide bonds. The summed E-state index contributed by atoms with van der Waals surface area (Å²) in [5.74, 6) is -7.48. The second-order valence-corrected chi connectivity index (χ2v) is 21.0. The van der Waals surface area contributed by atoms with Crippen LogP contribution in [-0.4, -0.2) is 254 Å². The van der Waals surface area contributed by atoms with Crippen molar-refractivity contribution in [1.82, 2.24) is 19.6 Å². The first-order valence-corrected chi connectivity index (χ1v) is 27.3. The molecular formula is C53H62N4O31. The molecule has 0 spiro atoms. The summed E-state index contributed by atoms with van der Waals surface area (Å²) in [7, 11) is 1.43. The number of esters is 5. The number of hydrogen-bond donors (Lipinski definition) is 0. The third-order valence-electron chi connectivity index (χ3n) is 15.0. The molecule has 480 valence electrons. The van der Waals surface area contributed by atoms with E-state index in [1.54, 1.807) is 12.1 Å². The number of imide groups is 4. The molecule has 0 radical (unpaired) electrons. The van der Waals surface area contributed by atoms with Crippen LogP contribution in [0.4, 0.5) is 19.2 Å². The van der Waals surface area contributed by atoms with Gasteiger partial charge in [-0.2, -0.15) is 0 Å². The molecule has 0 bridgehead atoms. The van der Waals surface area contributed by atoms with Gasteiger partial charge in [-0.25, -0.2) is 38.8 Å². The van der Waals surface area contributed by atoms with Crippen LogP contribution in [0.2, 0.25) is 0 Å². The van der Waals surface area contributed by atoms with Crippen LogP contribution < -0.4 is 9.47 Å². The van der Waals surface area contributed by atoms with Gasteiger partial charge in [0.1, 0.15) is 105 Å². The summed E-state index contributed by atoms with van der Waals surface area (Å²) in [5, 5.41) is 0. The monoisotopic (exact) mass is 1250 g/mol. The quantitative estimate of drug-likeness (QED) is 0.129. The first-order chi connectivity index (χ1) is 41.7. The van der Waals surface area contributed by atoms with Gasteiger partial charge in [0.15, 0.2) is 49.4 Å². The molecule has 0 unspecified atom stereocenters. The van der Waals surface area contributed by atoms with E-state index >= 15 is 0 Å². The van der Waals surface area contributed by atoms with Gasteiger partial charge < -0.3 is 85.3 Å². The highest BCUT2D eigenvalue weighted by molar-refractivity contribution is 5.95. The van der Waals surface area contributed by atoms with Crippen molar-refractivity contribution >= 4 is 77.8 Å². The van der Waals surface area contributed by atoms with E-state index in [1.165, 1.54) is 19.2 Å². The minimum absolute atomic E-state index is 0.152. The fourth-order valence-corrected chi connectivity index (χ4v) is 11.6. The number of benzene rings is 1. The molecular weight excluding hydrogens is 1190 g/mol. The highest BCUT2D eigenvalue weighted by Crippen LogP contribution is 2.45. The Morgan fingerprint density at radius 1 is 0.375 bits per heavy atom. The van der Waals surface area contributed by atoms with Crippen molar-refractivity contribution in [2.45, 2.75) is 185 Å². The molecule has 8 heterocycles. The molecule has 35 nitrogen and oxygen atoms in total. The van der Waals surface area contributed by atoms with Crippen molar-refractivity contribution in [2.24, 2.45) is 0 Å². The van der Waals surface area contributed by atoms with Crippen molar-refractivity contribution in [2.75, 3.05) is 33.5 Å². The Labute approximate surface area is 498 Å². The predicted molar refractivity (Wildman–Crippen MR) is 271 cm³/mol. The number of methoxy groups -OCH3 is 1. The Hall–Kier alpha value is -8.35. The fraction of sp³-hybridized carbons (Fsp3) is 0.642. The van der Waals surface area contributed by atoms with E-state index in [4.69, 9.17) is 85.3 Å². The molecule has 1 aromatic rings. The fourth-order valence-electron chi connectivity index (χ4n) is 11.6. The highest BCUT2D eigenvalue weighted by Gasteiger charge is 2.68. The number of fused-ring (bicyclic) bond motifs is 4. The number of carbonyl (C=O) groups is 13. The second-order valence-electron chi connectivity index (χ2n) is 21.0. The zero-order chi connectivity index (χ0) is 63.9. The second kappa shape index (κ2) is 26.2. The van der Waals surface area contributed by atoms with E-state index in [-0.39, 0.29) is 5.75 Å². The van der Waals surface area contributed by atoms with Crippen molar-refractivity contribution < 1.29 is 148 Å². The van der Waals surface area contributed by atoms with E-state index in [0.29, 0.717) is 25.3 Å². The van der Waals surface area contributed by atoms with Crippen molar-refractivity contribution in [3.63, 3.8) is 0 Å². The Morgan fingerprint density at radius 2 is 0.636 bits per heavy atom. The lowest BCUT2D eigenvalue weighted by Gasteiger charge is -2.49. The first-order valence-electron chi connectivity index (χ1n) is 27.3. The van der Waals surface area contributed by atoms with Crippen LogP contribution in [0.5, 0.6) is 11.5 Å². The molecule has 0 aliphatic carbocycles. The van der Waals surface area contributed by atoms with E-state index in [1.807, 2.05) is 0 Å². The number of carbonyl (C=O) groups excluding carboxylic acids is 13. The van der Waals surface area contributed by atoms with Crippen LogP contribution in [0.1, 0.15) is 62.3 Å². The minimum Gasteiger partial charge on any atom is -0.497 e. The topological polar surface area (TPSA) is 401 Å². The maximum atomic E-state index is 14.1. The molecule has 8 aliphatic rings. The van der Waals surface area contributed by atoms with Crippen molar-refractivity contribution in [1.29, 1.82) is 0 Å². The predicted octanol–water partition coefficient (Wildman–Crippen LogP) is -0.743. The largest absolute Gasteiger partial charge is 0.497 e. The van der Waals surface area contributed by atoms with Gasteiger partial charge in [-0.05, 0) is 24.3 Å². The summed E-state index contributed by atoms with van der Waals surface area (Å²) in [6.07, 6.45) is -32.6. The summed E-state index contributed by atoms with van der Waals surface area (Å²) in [4.78, 5) is 174. The van der Waals surface area contributed by atoms with Gasteiger partial charge in [-0.1, -0.05) is 0 Å². The normalized spacial score (nSPS) is 34.5. The molecule has 8 saturated heterocycles. The zero-order valence-corrected chi connectivity index (χ0v) is 48.6. The Kier molecular flexibility index (Phi) is 19.1. The standard InChI is InChI=1S/C53H62N4O31/c1-19(58)54-34-43(86-50(54)67)39(31(16-73-24(6)63)78-46(34)77-29-13-11-28(71-10)12-14-29)82-48-36-45(88-52(69)56(36)21(3)60)41(33(80-48)18-75-26(8)65)84-49-37-44(87-53(70)57(37)22(4)61)40(32(81-49)17-74-25(7)64)83-47-35-42(85-51(68)55(35)20(2)59)38(76-27(9)66)30(79-47)15-72-23(5)62/h11-14,30-49H,15-18H2,1-10H3/t30-,31-,32-,33-,34-,35-,36-,37-,38-,39-,40-,41-,42-,43-,44-,45-,46+,47-,48-,49-/m1/s1. The van der Waals surface area contributed by atoms with E-state index in [2.05, 4.69) is 0 Å². The third-order valence-corrected chi connectivity index (χ3v) is 15.0. The molecule has 1 aromatic carbocycles. The van der Waals surface area contributed by atoms with Crippen molar-refractivity contribution in [3.05, 3.63) is 24.3 Å². The first kappa shape index (κ1) is 64.1. The molecule has 0 saturated carbocycles. The van der Waals surface area contributed by atoms with Crippen LogP contribution in [0.25, 0.3) is 0 Å². The van der Waals surface area contributed by atoms with Gasteiger partial charge in [0.2, 0.25) is 29.9 Å². The summed E-state index contributed by atoms with van der Waals surface area (Å²) < 4.78 is 107. The number of rotatable bonds is 18. The van der Waals surface area contributed by atoms with Gasteiger partial charge in [0, 0.05) is 62.3 Å². The smallest absolute Gasteiger partial charge is 0.417 e. The van der Waals surface area contributed by atoms with Gasteiger partial charge in [-0.3, -0.25) is 43.2 Å². The number of ether oxygens (including phenoxy) is 18. The highest BCUT2D eigenvalue weighted by atomic mass is 16.8. The zero-order valence-electron chi connectivity index (χ0n) is 48.6. The Balaban J connectivity index is 1.09. The SMILES string of the molecule is COc1ccc(O[C@H]2O[C@H](COC(C)=O)[C@@H](O[C@H]3O[C@H](COC(C)=O)[C@@H](O[C@H]4O[C@H](COC(C)=O)[C@@H](O[C@H]5O[C@H](COC(C)=O)[C@@H](OC(C)=O)[C@@H]6OC(=O)N(C(C)=O)[C@@H]56)[C@@H]5OC(=O)N(C(C)=O)[C@@H]45)[C@@H]4OC(=O)N(C(C)=O)[C@@H]34)[C@@H]3OC(=O)N(C(C)=O)[C@@H]23)cc1. The Bertz CT molecular complexity index is 2960. The Morgan fingerprint density at radius 3 is 0.909 bits per heavy atom. The molecule has 8 fully saturated rings. The van der Waals surface area contributed by atoms with Gasteiger partial charge in [-0.15, -0.1) is 0 Å². The molecule has 8 aliphatic heterocycles. The maximum absolute atomic E-state index is 14.1. The van der Waals surface area contributed by atoms with Gasteiger partial charge in [0.05, 0.1) is 7.11 Å². The lowest BCUT2D eigenvalue weighted by atomic mass is 9.93. The summed E-state index contributed by atoms with van der Waals surface area (Å²) in [6, 6.07) is -0.574.